The largest absolute Gasteiger partial charge is 0.385 e. The van der Waals surface area contributed by atoms with Gasteiger partial charge in [-0.25, -0.2) is 0 Å². The molecule has 4 rings (SSSR count). The molecule has 34 heavy (non-hydrogen) atoms. The van der Waals surface area contributed by atoms with E-state index < -0.39 is 5.60 Å². The van der Waals surface area contributed by atoms with Crippen molar-refractivity contribution in [2.24, 2.45) is 17.8 Å². The van der Waals surface area contributed by atoms with Crippen LogP contribution in [0.5, 0.6) is 0 Å². The van der Waals surface area contributed by atoms with E-state index in [4.69, 9.17) is 0 Å². The molecule has 0 amide bonds. The summed E-state index contributed by atoms with van der Waals surface area (Å²) in [6, 6.07) is 6.84. The first-order valence-electron chi connectivity index (χ1n) is 13.8. The second-order valence-electron chi connectivity index (χ2n) is 12.7. The number of hydrogen-bond acceptors (Lipinski definition) is 2. The lowest BCUT2D eigenvalue weighted by molar-refractivity contribution is -0.122. The third-order valence-corrected chi connectivity index (χ3v) is 9.16. The molecule has 2 nitrogen and oxygen atoms in total. The SMILES string of the molecule is C=C/C(C)=C(/C(=O)C1CCc2ccc(C(C)(C)C)cc2C1)C1(O)CCC(CC2CCCC2)CC1. The number of aryl methyl sites for hydroxylation is 1. The van der Waals surface area contributed by atoms with Crippen molar-refractivity contribution in [1.82, 2.24) is 0 Å². The molecule has 3 aliphatic rings. The maximum atomic E-state index is 14.0. The van der Waals surface area contributed by atoms with Crippen LogP contribution in [0.15, 0.2) is 42.0 Å². The van der Waals surface area contributed by atoms with Crippen molar-refractivity contribution >= 4 is 5.78 Å². The lowest BCUT2D eigenvalue weighted by Gasteiger charge is -2.40. The highest BCUT2D eigenvalue weighted by molar-refractivity contribution is 6.00. The Bertz CT molecular complexity index is 930. The van der Waals surface area contributed by atoms with Crippen LogP contribution in [0.25, 0.3) is 0 Å². The number of carbonyl (C=O) groups is 1. The van der Waals surface area contributed by atoms with Crippen LogP contribution in [0.1, 0.15) is 109 Å². The molecule has 0 aliphatic heterocycles. The normalized spacial score (nSPS) is 28.9. The molecule has 0 bridgehead atoms. The number of aliphatic hydroxyl groups is 1. The van der Waals surface area contributed by atoms with Gasteiger partial charge in [-0.3, -0.25) is 4.79 Å². The van der Waals surface area contributed by atoms with Gasteiger partial charge in [0.05, 0.1) is 5.60 Å². The van der Waals surface area contributed by atoms with Crippen LogP contribution in [-0.4, -0.2) is 16.5 Å². The molecule has 0 heterocycles. The fraction of sp³-hybridized carbons (Fsp3) is 0.656. The van der Waals surface area contributed by atoms with Crippen molar-refractivity contribution in [2.45, 2.75) is 116 Å². The van der Waals surface area contributed by atoms with E-state index in [-0.39, 0.29) is 17.1 Å². The van der Waals surface area contributed by atoms with Gasteiger partial charge in [-0.1, -0.05) is 77.3 Å². The average molecular weight is 463 g/mol. The summed E-state index contributed by atoms with van der Waals surface area (Å²) in [5.74, 6) is 1.72. The summed E-state index contributed by atoms with van der Waals surface area (Å²) in [5.41, 5.74) is 4.68. The minimum Gasteiger partial charge on any atom is -0.385 e. The number of benzene rings is 1. The molecule has 0 spiro atoms. The van der Waals surface area contributed by atoms with Crippen molar-refractivity contribution in [3.63, 3.8) is 0 Å². The van der Waals surface area contributed by atoms with E-state index in [1.165, 1.54) is 48.8 Å². The summed E-state index contributed by atoms with van der Waals surface area (Å²) in [6.07, 6.45) is 14.8. The molecule has 1 aromatic carbocycles. The Balaban J connectivity index is 1.50. The summed E-state index contributed by atoms with van der Waals surface area (Å²) in [5, 5.41) is 11.8. The highest BCUT2D eigenvalue weighted by Gasteiger charge is 2.43. The molecule has 186 valence electrons. The van der Waals surface area contributed by atoms with Gasteiger partial charge < -0.3 is 5.11 Å². The lowest BCUT2D eigenvalue weighted by atomic mass is 9.68. The van der Waals surface area contributed by atoms with Gasteiger partial charge in [-0.05, 0) is 97.8 Å². The van der Waals surface area contributed by atoms with E-state index in [2.05, 4.69) is 45.5 Å². The molecule has 1 unspecified atom stereocenters. The standard InChI is InChI=1S/C32H46O2/c1-6-22(2)29(32(34)17-15-24(16-18-32)19-23-9-7-8-10-23)30(33)26-12-11-25-13-14-28(31(3,4)5)21-27(25)20-26/h6,13-14,21,23-24,26,34H,1,7-12,15-20H2,2-5H3/b29-22-. The first-order chi connectivity index (χ1) is 16.1. The Labute approximate surface area is 207 Å². The van der Waals surface area contributed by atoms with Crippen LogP contribution in [-0.2, 0) is 23.1 Å². The van der Waals surface area contributed by atoms with Crippen LogP contribution in [0.2, 0.25) is 0 Å². The molecular formula is C32H46O2. The number of carbonyl (C=O) groups excluding carboxylic acids is 1. The van der Waals surface area contributed by atoms with E-state index in [0.717, 1.165) is 43.6 Å². The maximum Gasteiger partial charge on any atom is 0.165 e. The van der Waals surface area contributed by atoms with Gasteiger partial charge in [0.25, 0.3) is 0 Å². The van der Waals surface area contributed by atoms with Crippen molar-refractivity contribution in [3.8, 4) is 0 Å². The molecule has 2 heteroatoms. The van der Waals surface area contributed by atoms with Crippen molar-refractivity contribution in [2.75, 3.05) is 0 Å². The number of rotatable bonds is 6. The zero-order valence-corrected chi connectivity index (χ0v) is 22.1. The van der Waals surface area contributed by atoms with Crippen LogP contribution in [0.3, 0.4) is 0 Å². The molecule has 1 N–H and O–H groups in total. The summed E-state index contributed by atoms with van der Waals surface area (Å²) in [6.45, 7) is 12.7. The first-order valence-corrected chi connectivity index (χ1v) is 13.8. The minimum atomic E-state index is -0.991. The smallest absolute Gasteiger partial charge is 0.165 e. The van der Waals surface area contributed by atoms with E-state index in [1.807, 2.05) is 6.92 Å². The number of hydrogen-bond donors (Lipinski definition) is 1. The third-order valence-electron chi connectivity index (χ3n) is 9.16. The predicted octanol–water partition coefficient (Wildman–Crippen LogP) is 7.66. The van der Waals surface area contributed by atoms with Gasteiger partial charge in [0, 0.05) is 11.5 Å². The van der Waals surface area contributed by atoms with Crippen molar-refractivity contribution in [3.05, 3.63) is 58.7 Å². The monoisotopic (exact) mass is 462 g/mol. The van der Waals surface area contributed by atoms with E-state index >= 15 is 0 Å². The second kappa shape index (κ2) is 10.1. The highest BCUT2D eigenvalue weighted by Crippen LogP contribution is 2.44. The fourth-order valence-corrected chi connectivity index (χ4v) is 6.90. The van der Waals surface area contributed by atoms with Gasteiger partial charge in [0.15, 0.2) is 5.78 Å². The summed E-state index contributed by atoms with van der Waals surface area (Å²) < 4.78 is 0. The summed E-state index contributed by atoms with van der Waals surface area (Å²) in [4.78, 5) is 14.0. The third kappa shape index (κ3) is 5.43. The Morgan fingerprint density at radius 1 is 1.06 bits per heavy atom. The molecular weight excluding hydrogens is 416 g/mol. The maximum absolute atomic E-state index is 14.0. The van der Waals surface area contributed by atoms with Crippen LogP contribution in [0.4, 0.5) is 0 Å². The topological polar surface area (TPSA) is 37.3 Å². The van der Waals surface area contributed by atoms with Crippen LogP contribution in [0, 0.1) is 17.8 Å². The Kier molecular flexibility index (Phi) is 7.58. The van der Waals surface area contributed by atoms with Crippen LogP contribution < -0.4 is 0 Å². The lowest BCUT2D eigenvalue weighted by Crippen LogP contribution is -2.42. The van der Waals surface area contributed by atoms with E-state index in [9.17, 15) is 9.90 Å². The Morgan fingerprint density at radius 2 is 1.71 bits per heavy atom. The van der Waals surface area contributed by atoms with Gasteiger partial charge in [0.1, 0.15) is 0 Å². The zero-order chi connectivity index (χ0) is 24.5. The molecule has 1 atom stereocenters. The van der Waals surface area contributed by atoms with Gasteiger partial charge in [-0.15, -0.1) is 0 Å². The molecule has 3 aliphatic carbocycles. The zero-order valence-electron chi connectivity index (χ0n) is 22.1. The number of Topliss-reactive ketones (excluding diaryl/α,β-unsaturated/α-hetero) is 1. The van der Waals surface area contributed by atoms with Crippen molar-refractivity contribution < 1.29 is 9.90 Å². The van der Waals surface area contributed by atoms with Gasteiger partial charge in [-0.2, -0.15) is 0 Å². The number of ketones is 1. The fourth-order valence-electron chi connectivity index (χ4n) is 6.90. The molecule has 1 aromatic rings. The molecule has 2 fully saturated rings. The number of allylic oxidation sites excluding steroid dienone is 2. The quantitative estimate of drug-likeness (QED) is 0.348. The van der Waals surface area contributed by atoms with E-state index in [1.54, 1.807) is 6.08 Å². The average Bonchev–Trinajstić information content (AvgIpc) is 3.32. The first kappa shape index (κ1) is 25.4. The predicted molar refractivity (Wildman–Crippen MR) is 142 cm³/mol. The van der Waals surface area contributed by atoms with E-state index in [0.29, 0.717) is 24.3 Å². The molecule has 0 aromatic heterocycles. The second-order valence-corrected chi connectivity index (χ2v) is 12.7. The highest BCUT2D eigenvalue weighted by atomic mass is 16.3. The van der Waals surface area contributed by atoms with Crippen molar-refractivity contribution in [1.29, 1.82) is 0 Å². The summed E-state index contributed by atoms with van der Waals surface area (Å²) in [7, 11) is 0. The molecule has 0 radical (unpaired) electrons. The Hall–Kier alpha value is -1.67. The Morgan fingerprint density at radius 3 is 2.32 bits per heavy atom. The molecule has 0 saturated heterocycles. The molecule has 2 saturated carbocycles. The minimum absolute atomic E-state index is 0.0483. The number of fused-ring (bicyclic) bond motifs is 1. The van der Waals surface area contributed by atoms with Crippen LogP contribution >= 0.6 is 0 Å². The summed E-state index contributed by atoms with van der Waals surface area (Å²) >= 11 is 0. The van der Waals surface area contributed by atoms with Gasteiger partial charge in [0.2, 0.25) is 0 Å². The van der Waals surface area contributed by atoms with Gasteiger partial charge >= 0.3 is 0 Å².